The Balaban J connectivity index is 1.30. The second-order valence-corrected chi connectivity index (χ2v) is 13.5. The van der Waals surface area contributed by atoms with Crippen LogP contribution in [0.2, 0.25) is 5.02 Å². The summed E-state index contributed by atoms with van der Waals surface area (Å²) in [6, 6.07) is 1.30. The van der Waals surface area contributed by atoms with Gasteiger partial charge in [-0.15, -0.1) is 0 Å². The van der Waals surface area contributed by atoms with Crippen molar-refractivity contribution in [3.05, 3.63) is 34.9 Å². The number of anilines is 1. The van der Waals surface area contributed by atoms with Crippen LogP contribution in [0, 0.1) is 5.82 Å². The Morgan fingerprint density at radius 1 is 1.17 bits per heavy atom. The number of aliphatic hydroxyl groups excluding tert-OH is 1. The summed E-state index contributed by atoms with van der Waals surface area (Å²) in [7, 11) is 0. The second-order valence-electron chi connectivity index (χ2n) is 13.1. The van der Waals surface area contributed by atoms with Gasteiger partial charge in [-0.3, -0.25) is 15.0 Å². The lowest BCUT2D eigenvalue weighted by Gasteiger charge is -2.31. The Bertz CT molecular complexity index is 1860. The highest BCUT2D eigenvalue weighted by molar-refractivity contribution is 6.33. The van der Waals surface area contributed by atoms with Gasteiger partial charge < -0.3 is 24.8 Å². The molecule has 12 nitrogen and oxygen atoms in total. The van der Waals surface area contributed by atoms with E-state index in [1.54, 1.807) is 17.2 Å². The molecule has 4 atom stereocenters. The Morgan fingerprint density at radius 3 is 2.96 bits per heavy atom. The van der Waals surface area contributed by atoms with Gasteiger partial charge in [0.1, 0.15) is 29.8 Å². The molecule has 1 aromatic carbocycles. The van der Waals surface area contributed by atoms with Gasteiger partial charge in [-0.05, 0) is 56.7 Å². The van der Waals surface area contributed by atoms with Crippen LogP contribution in [0.15, 0.2) is 18.5 Å². The fraction of sp³-hybridized carbons (Fsp3) is 0.531. The number of alkyl halides is 1. The first-order valence-corrected chi connectivity index (χ1v) is 16.5. The molecule has 0 unspecified atom stereocenters. The van der Waals surface area contributed by atoms with Crippen LogP contribution in [0.25, 0.3) is 33.1 Å². The van der Waals surface area contributed by atoms with Crippen molar-refractivity contribution in [2.24, 2.45) is 0 Å². The average Bonchev–Trinajstić information content (AvgIpc) is 3.70. The molecule has 4 aromatic rings. The number of carbonyl (C=O) groups excluding carboxylic acids is 1. The smallest absolute Gasteiger partial charge is 0.407 e. The van der Waals surface area contributed by atoms with Crippen LogP contribution < -0.4 is 15.0 Å². The maximum atomic E-state index is 17.0. The number of hydrogen-bond acceptors (Lipinski definition) is 10. The third-order valence-corrected chi connectivity index (χ3v) is 10.4. The number of aromatic nitrogens is 5. The van der Waals surface area contributed by atoms with Crippen molar-refractivity contribution in [3.8, 4) is 17.3 Å². The van der Waals surface area contributed by atoms with Crippen LogP contribution in [-0.4, -0.2) is 104 Å². The van der Waals surface area contributed by atoms with Gasteiger partial charge in [0.2, 0.25) is 0 Å². The average molecular weight is 669 g/mol. The number of alkyl carbamates (subject to hydrolysis) is 1. The van der Waals surface area contributed by atoms with Crippen molar-refractivity contribution < 1.29 is 28.2 Å². The molecule has 3 fully saturated rings. The summed E-state index contributed by atoms with van der Waals surface area (Å²) >= 11 is 6.77. The van der Waals surface area contributed by atoms with Crippen LogP contribution in [0.1, 0.15) is 44.1 Å². The third-order valence-electron chi connectivity index (χ3n) is 10.1. The molecule has 3 aromatic heterocycles. The van der Waals surface area contributed by atoms with E-state index in [9.17, 15) is 14.3 Å². The number of benzene rings is 1. The molecule has 0 saturated carbocycles. The fourth-order valence-electron chi connectivity index (χ4n) is 7.85. The van der Waals surface area contributed by atoms with Gasteiger partial charge in [0.15, 0.2) is 5.82 Å². The number of amides is 1. The topological polar surface area (TPSA) is 142 Å². The molecule has 0 aliphatic carbocycles. The Kier molecular flexibility index (Phi) is 7.76. The molecule has 8 heterocycles. The van der Waals surface area contributed by atoms with Crippen LogP contribution >= 0.6 is 11.6 Å². The van der Waals surface area contributed by atoms with E-state index < -0.39 is 29.7 Å². The first-order chi connectivity index (χ1) is 22.8. The number of nitrogens with zero attached hydrogens (tertiary/aromatic N) is 6. The highest BCUT2D eigenvalue weighted by atomic mass is 35.5. The molecule has 3 N–H and O–H groups in total. The Morgan fingerprint density at radius 2 is 2.06 bits per heavy atom. The van der Waals surface area contributed by atoms with Crippen molar-refractivity contribution in [1.82, 2.24) is 35.4 Å². The number of fused-ring (bicyclic) bond motifs is 8. The summed E-state index contributed by atoms with van der Waals surface area (Å²) in [5.74, 6) is -0.373. The molecule has 0 spiro atoms. The Labute approximate surface area is 273 Å². The number of H-pyrrole nitrogens is 1. The number of aliphatic hydroxyl groups is 1. The lowest BCUT2D eigenvalue weighted by Crippen LogP contribution is -2.44. The standard InChI is InChI=1S/C32H35ClF2N8O4/c33-23-9-24-21(12-37-41-24)25-20(23)3-1-8-46-31(45)38-18-4-5-19(44)15-42(14-18)29-22-11-36-28(25)26(35)27(22)39-30(40-29)47-16-32-6-2-7-43(32)13-17(34)10-32/h9,11-12,17-19,44H,1-8,10,13-16H2,(H,37,41)(H,38,45)/t17-,18-,19+,32+/m1/s1. The molecule has 0 radical (unpaired) electrons. The van der Waals surface area contributed by atoms with E-state index in [0.29, 0.717) is 76.9 Å². The molecule has 47 heavy (non-hydrogen) atoms. The van der Waals surface area contributed by atoms with E-state index >= 15 is 4.39 Å². The molecule has 5 aliphatic heterocycles. The molecule has 15 heteroatoms. The first-order valence-electron chi connectivity index (χ1n) is 16.2. The number of pyridine rings is 1. The molecule has 248 valence electrons. The molecule has 3 saturated heterocycles. The summed E-state index contributed by atoms with van der Waals surface area (Å²) in [6.45, 7) is 1.89. The second kappa shape index (κ2) is 12.0. The maximum absolute atomic E-state index is 17.0. The zero-order chi connectivity index (χ0) is 32.3. The molecular formula is C32H35ClF2N8O4. The summed E-state index contributed by atoms with van der Waals surface area (Å²) in [5.41, 5.74) is 1.27. The van der Waals surface area contributed by atoms with Crippen LogP contribution in [0.5, 0.6) is 6.01 Å². The fourth-order valence-corrected chi connectivity index (χ4v) is 8.15. The zero-order valence-electron chi connectivity index (χ0n) is 25.6. The quantitative estimate of drug-likeness (QED) is 0.289. The number of aromatic amines is 1. The third kappa shape index (κ3) is 5.49. The van der Waals surface area contributed by atoms with Crippen molar-refractivity contribution in [2.45, 2.75) is 68.8 Å². The normalized spacial score (nSPS) is 26.8. The van der Waals surface area contributed by atoms with Crippen molar-refractivity contribution in [3.63, 3.8) is 0 Å². The van der Waals surface area contributed by atoms with E-state index in [1.807, 2.05) is 0 Å². The van der Waals surface area contributed by atoms with Gasteiger partial charge in [0.25, 0.3) is 0 Å². The van der Waals surface area contributed by atoms with Crippen molar-refractivity contribution >= 4 is 45.3 Å². The highest BCUT2D eigenvalue weighted by Crippen LogP contribution is 2.42. The zero-order valence-corrected chi connectivity index (χ0v) is 26.4. The SMILES string of the molecule is O=C1N[C@@H]2CC[C@H](O)CN(C2)c2nc(OC[C@@]34CCCN3C[C@H](F)C4)nc3c(F)c(ncc23)-c2c(c(Cl)cc3[nH]ncc23)CCCO1. The molecule has 1 amide bonds. The predicted octanol–water partition coefficient (Wildman–Crippen LogP) is 4.32. The Hall–Kier alpha value is -3.88. The van der Waals surface area contributed by atoms with E-state index in [4.69, 9.17) is 26.1 Å². The summed E-state index contributed by atoms with van der Waals surface area (Å²) in [5, 5.41) is 22.2. The lowest BCUT2D eigenvalue weighted by atomic mass is 9.95. The minimum atomic E-state index is -0.939. The van der Waals surface area contributed by atoms with Crippen molar-refractivity contribution in [1.29, 1.82) is 0 Å². The van der Waals surface area contributed by atoms with Gasteiger partial charge in [0, 0.05) is 54.3 Å². The number of hydrogen-bond donors (Lipinski definition) is 3. The predicted molar refractivity (Wildman–Crippen MR) is 170 cm³/mol. The van der Waals surface area contributed by atoms with Crippen molar-refractivity contribution in [2.75, 3.05) is 44.3 Å². The summed E-state index contributed by atoms with van der Waals surface area (Å²) in [4.78, 5) is 30.8. The monoisotopic (exact) mass is 668 g/mol. The minimum absolute atomic E-state index is 0.0112. The number of nitrogens with one attached hydrogen (secondary N) is 2. The first kappa shape index (κ1) is 30.5. The maximum Gasteiger partial charge on any atom is 0.407 e. The van der Waals surface area contributed by atoms with Crippen LogP contribution in [-0.2, 0) is 11.2 Å². The number of ether oxygens (including phenoxy) is 2. The number of rotatable bonds is 3. The van der Waals surface area contributed by atoms with Gasteiger partial charge in [-0.25, -0.2) is 13.6 Å². The largest absolute Gasteiger partial charge is 0.461 e. The minimum Gasteiger partial charge on any atom is -0.461 e. The van der Waals surface area contributed by atoms with Crippen LogP contribution in [0.4, 0.5) is 19.4 Å². The summed E-state index contributed by atoms with van der Waals surface area (Å²) in [6.07, 6.45) is 4.72. The van der Waals surface area contributed by atoms with E-state index in [2.05, 4.69) is 30.4 Å². The summed E-state index contributed by atoms with van der Waals surface area (Å²) < 4.78 is 43.3. The van der Waals surface area contributed by atoms with Crippen LogP contribution in [0.3, 0.4) is 0 Å². The van der Waals surface area contributed by atoms with Gasteiger partial charge in [-0.1, -0.05) is 11.6 Å². The molecule has 5 aliphatic rings. The van der Waals surface area contributed by atoms with Gasteiger partial charge in [0.05, 0.1) is 35.3 Å². The number of halogens is 3. The molecular weight excluding hydrogens is 634 g/mol. The van der Waals surface area contributed by atoms with E-state index in [1.165, 1.54) is 6.20 Å². The molecule has 9 rings (SSSR count). The lowest BCUT2D eigenvalue weighted by molar-refractivity contribution is 0.107. The van der Waals surface area contributed by atoms with Gasteiger partial charge in [-0.2, -0.15) is 15.1 Å². The van der Waals surface area contributed by atoms with E-state index in [-0.39, 0.29) is 49.6 Å². The van der Waals surface area contributed by atoms with Gasteiger partial charge >= 0.3 is 12.1 Å². The molecule has 6 bridgehead atoms. The highest BCUT2D eigenvalue weighted by Gasteiger charge is 2.49. The van der Waals surface area contributed by atoms with E-state index in [0.717, 1.165) is 19.4 Å². The number of carbonyl (C=O) groups is 1.